The Morgan fingerprint density at radius 2 is 1.82 bits per heavy atom. The van der Waals surface area contributed by atoms with Gasteiger partial charge < -0.3 is 9.15 Å². The fourth-order valence-electron chi connectivity index (χ4n) is 2.39. The molecule has 0 spiro atoms. The van der Waals surface area contributed by atoms with E-state index in [1.165, 1.54) is 6.07 Å². The van der Waals surface area contributed by atoms with Crippen molar-refractivity contribution in [1.29, 1.82) is 0 Å². The Bertz CT molecular complexity index is 1010. The predicted octanol–water partition coefficient (Wildman–Crippen LogP) is 3.15. The summed E-state index contributed by atoms with van der Waals surface area (Å²) in [7, 11) is 0. The molecule has 0 radical (unpaired) electrons. The van der Waals surface area contributed by atoms with Gasteiger partial charge in [0, 0.05) is 23.2 Å². The smallest absolute Gasteiger partial charge is 0.422 e. The second kappa shape index (κ2) is 7.59. The van der Waals surface area contributed by atoms with Crippen molar-refractivity contribution in [2.24, 2.45) is 0 Å². The lowest BCUT2D eigenvalue weighted by Gasteiger charge is -2.09. The predicted molar refractivity (Wildman–Crippen MR) is 91.7 cm³/mol. The fraction of sp³-hybridized carbons (Fsp3) is 0.167. The first-order chi connectivity index (χ1) is 13.2. The number of aryl methyl sites for hydroxylation is 1. The number of carbonyl (C=O) groups excluding carboxylic acids is 2. The maximum atomic E-state index is 12.2. The minimum Gasteiger partial charge on any atom is -0.468 e. The first kappa shape index (κ1) is 19.2. The molecule has 0 aliphatic rings. The standard InChI is InChI=1S/C18H14F3N3O4/c1-10-12-4-2-3-5-13(12)28-15(10)17(26)24-23-16(25)11-6-7-14(22-8-11)27-9-18(19,20)21/h2-8H,9H2,1H3,(H,23,25)(H,24,26). The van der Waals surface area contributed by atoms with Gasteiger partial charge in [-0.1, -0.05) is 18.2 Å². The fourth-order valence-corrected chi connectivity index (χ4v) is 2.39. The van der Waals surface area contributed by atoms with Crippen LogP contribution < -0.4 is 15.6 Å². The number of hydrazine groups is 1. The van der Waals surface area contributed by atoms with E-state index in [0.717, 1.165) is 17.6 Å². The number of furan rings is 1. The van der Waals surface area contributed by atoms with E-state index >= 15 is 0 Å². The SMILES string of the molecule is Cc1c(C(=O)NNC(=O)c2ccc(OCC(F)(F)F)nc2)oc2ccccc12. The molecule has 3 aromatic rings. The highest BCUT2D eigenvalue weighted by atomic mass is 19.4. The van der Waals surface area contributed by atoms with Gasteiger partial charge in [-0.25, -0.2) is 4.98 Å². The van der Waals surface area contributed by atoms with E-state index in [2.05, 4.69) is 20.6 Å². The molecule has 0 saturated carbocycles. The summed E-state index contributed by atoms with van der Waals surface area (Å²) >= 11 is 0. The van der Waals surface area contributed by atoms with Gasteiger partial charge in [-0.15, -0.1) is 0 Å². The number of alkyl halides is 3. The molecule has 2 heterocycles. The summed E-state index contributed by atoms with van der Waals surface area (Å²) in [6, 6.07) is 9.43. The third kappa shape index (κ3) is 4.40. The lowest BCUT2D eigenvalue weighted by molar-refractivity contribution is -0.154. The van der Waals surface area contributed by atoms with Crippen molar-refractivity contribution in [3.05, 3.63) is 59.5 Å². The Balaban J connectivity index is 1.60. The largest absolute Gasteiger partial charge is 0.468 e. The molecule has 28 heavy (non-hydrogen) atoms. The minimum atomic E-state index is -4.49. The number of halogens is 3. The summed E-state index contributed by atoms with van der Waals surface area (Å²) in [4.78, 5) is 27.9. The van der Waals surface area contributed by atoms with Crippen molar-refractivity contribution in [3.8, 4) is 5.88 Å². The van der Waals surface area contributed by atoms with Crippen molar-refractivity contribution in [3.63, 3.8) is 0 Å². The van der Waals surface area contributed by atoms with Crippen LogP contribution in [0, 0.1) is 6.92 Å². The van der Waals surface area contributed by atoms with Crippen LogP contribution in [0.5, 0.6) is 5.88 Å². The first-order valence-corrected chi connectivity index (χ1v) is 7.99. The Labute approximate surface area is 156 Å². The van der Waals surface area contributed by atoms with Gasteiger partial charge in [-0.05, 0) is 19.1 Å². The summed E-state index contributed by atoms with van der Waals surface area (Å²) in [5, 5.41) is 0.776. The second-order valence-electron chi connectivity index (χ2n) is 5.75. The van der Waals surface area contributed by atoms with E-state index in [1.54, 1.807) is 25.1 Å². The maximum Gasteiger partial charge on any atom is 0.422 e. The molecule has 0 bridgehead atoms. The quantitative estimate of drug-likeness (QED) is 0.665. The number of fused-ring (bicyclic) bond motifs is 1. The maximum absolute atomic E-state index is 12.2. The van der Waals surface area contributed by atoms with Crippen molar-refractivity contribution in [2.45, 2.75) is 13.1 Å². The van der Waals surface area contributed by atoms with Gasteiger partial charge >= 0.3 is 12.1 Å². The number of nitrogens with zero attached hydrogens (tertiary/aromatic N) is 1. The van der Waals surface area contributed by atoms with Gasteiger partial charge in [0.15, 0.2) is 12.4 Å². The zero-order valence-electron chi connectivity index (χ0n) is 14.5. The van der Waals surface area contributed by atoms with E-state index < -0.39 is 24.6 Å². The van der Waals surface area contributed by atoms with Crippen LogP contribution in [-0.4, -0.2) is 29.6 Å². The molecule has 0 saturated heterocycles. The van der Waals surface area contributed by atoms with Crippen LogP contribution in [0.1, 0.15) is 26.5 Å². The van der Waals surface area contributed by atoms with Crippen LogP contribution in [0.2, 0.25) is 0 Å². The van der Waals surface area contributed by atoms with E-state index in [1.807, 2.05) is 6.07 Å². The van der Waals surface area contributed by atoms with Crippen LogP contribution in [0.15, 0.2) is 47.0 Å². The Morgan fingerprint density at radius 3 is 2.46 bits per heavy atom. The van der Waals surface area contributed by atoms with E-state index in [-0.39, 0.29) is 17.2 Å². The van der Waals surface area contributed by atoms with E-state index in [9.17, 15) is 22.8 Å². The first-order valence-electron chi connectivity index (χ1n) is 7.99. The molecule has 0 aliphatic carbocycles. The molecule has 0 fully saturated rings. The van der Waals surface area contributed by atoms with Gasteiger partial charge in [0.25, 0.3) is 5.91 Å². The second-order valence-corrected chi connectivity index (χ2v) is 5.75. The van der Waals surface area contributed by atoms with Gasteiger partial charge in [0.05, 0.1) is 5.56 Å². The Morgan fingerprint density at radius 1 is 1.11 bits per heavy atom. The highest BCUT2D eigenvalue weighted by molar-refractivity contribution is 6.01. The highest BCUT2D eigenvalue weighted by Gasteiger charge is 2.28. The number of ether oxygens (including phenoxy) is 1. The average Bonchev–Trinajstić information content (AvgIpc) is 3.01. The van der Waals surface area contributed by atoms with Crippen LogP contribution in [-0.2, 0) is 0 Å². The lowest BCUT2D eigenvalue weighted by atomic mass is 10.1. The summed E-state index contributed by atoms with van der Waals surface area (Å²) in [6.07, 6.45) is -3.46. The molecule has 7 nitrogen and oxygen atoms in total. The molecular formula is C18H14F3N3O4. The normalized spacial score (nSPS) is 11.3. The molecule has 2 aromatic heterocycles. The van der Waals surface area contributed by atoms with Crippen molar-refractivity contribution < 1.29 is 31.9 Å². The highest BCUT2D eigenvalue weighted by Crippen LogP contribution is 2.24. The van der Waals surface area contributed by atoms with Gasteiger partial charge in [0.1, 0.15) is 5.58 Å². The van der Waals surface area contributed by atoms with E-state index in [4.69, 9.17) is 4.42 Å². The molecule has 3 rings (SSSR count). The molecule has 0 unspecified atom stereocenters. The molecule has 0 atom stereocenters. The Hall–Kier alpha value is -3.56. The summed E-state index contributed by atoms with van der Waals surface area (Å²) < 4.78 is 46.2. The van der Waals surface area contributed by atoms with Crippen LogP contribution >= 0.6 is 0 Å². The zero-order valence-corrected chi connectivity index (χ0v) is 14.5. The summed E-state index contributed by atoms with van der Waals surface area (Å²) in [5.41, 5.74) is 5.58. The molecule has 2 amide bonds. The van der Waals surface area contributed by atoms with E-state index in [0.29, 0.717) is 11.1 Å². The summed E-state index contributed by atoms with van der Waals surface area (Å²) in [6.45, 7) is 0.227. The number of amides is 2. The number of rotatable bonds is 4. The van der Waals surface area contributed by atoms with Gasteiger partial charge in [-0.3, -0.25) is 20.4 Å². The molecule has 146 valence electrons. The number of nitrogens with one attached hydrogen (secondary N) is 2. The number of benzene rings is 1. The number of aromatic nitrogens is 1. The number of carbonyl (C=O) groups is 2. The van der Waals surface area contributed by atoms with Crippen molar-refractivity contribution in [1.82, 2.24) is 15.8 Å². The molecule has 2 N–H and O–H groups in total. The van der Waals surface area contributed by atoms with Crippen LogP contribution in [0.4, 0.5) is 13.2 Å². The minimum absolute atomic E-state index is 0.0148. The lowest BCUT2D eigenvalue weighted by Crippen LogP contribution is -2.41. The third-order valence-electron chi connectivity index (χ3n) is 3.72. The number of hydrogen-bond donors (Lipinski definition) is 2. The van der Waals surface area contributed by atoms with Crippen LogP contribution in [0.3, 0.4) is 0 Å². The van der Waals surface area contributed by atoms with Crippen molar-refractivity contribution in [2.75, 3.05) is 6.61 Å². The third-order valence-corrected chi connectivity index (χ3v) is 3.72. The number of hydrogen-bond acceptors (Lipinski definition) is 5. The molecule has 0 aliphatic heterocycles. The van der Waals surface area contributed by atoms with Crippen molar-refractivity contribution >= 4 is 22.8 Å². The Kier molecular flexibility index (Phi) is 5.21. The molecular weight excluding hydrogens is 379 g/mol. The number of para-hydroxylation sites is 1. The molecule has 10 heteroatoms. The average molecular weight is 393 g/mol. The number of pyridine rings is 1. The zero-order chi connectivity index (χ0) is 20.3. The topological polar surface area (TPSA) is 93.5 Å². The van der Waals surface area contributed by atoms with Gasteiger partial charge in [0.2, 0.25) is 5.88 Å². The van der Waals surface area contributed by atoms with Crippen LogP contribution in [0.25, 0.3) is 11.0 Å². The molecule has 1 aromatic carbocycles. The monoisotopic (exact) mass is 393 g/mol. The van der Waals surface area contributed by atoms with Gasteiger partial charge in [-0.2, -0.15) is 13.2 Å². The summed E-state index contributed by atoms with van der Waals surface area (Å²) in [5.74, 6) is -1.59.